The number of urea groups is 1. The zero-order valence-electron chi connectivity index (χ0n) is 14.8. The summed E-state index contributed by atoms with van der Waals surface area (Å²) < 4.78 is 0. The van der Waals surface area contributed by atoms with E-state index in [1.165, 1.54) is 0 Å². The summed E-state index contributed by atoms with van der Waals surface area (Å²) in [5.74, 6) is 0.800. The van der Waals surface area contributed by atoms with Crippen LogP contribution in [-0.2, 0) is 0 Å². The molecule has 2 aromatic rings. The maximum Gasteiger partial charge on any atom is 0.323 e. The molecule has 5 N–H and O–H groups in total. The number of carbonyl (C=O) groups is 1. The van der Waals surface area contributed by atoms with Gasteiger partial charge in [0.25, 0.3) is 0 Å². The molecular formula is C19H25N5O. The van der Waals surface area contributed by atoms with Gasteiger partial charge in [-0.3, -0.25) is 4.99 Å². The first-order chi connectivity index (χ1) is 11.9. The SMILES string of the molecule is Cc1ccc(NC(=O)Nc2cccc(NC(N)=NCC(C)C)c2)cc1. The molecule has 6 nitrogen and oxygen atoms in total. The van der Waals surface area contributed by atoms with E-state index in [9.17, 15) is 4.79 Å². The third kappa shape index (κ3) is 6.55. The number of nitrogens with two attached hydrogens (primary N) is 1. The van der Waals surface area contributed by atoms with Gasteiger partial charge in [0, 0.05) is 23.6 Å². The van der Waals surface area contributed by atoms with Gasteiger partial charge < -0.3 is 21.7 Å². The second kappa shape index (κ2) is 8.73. The molecule has 0 unspecified atom stereocenters. The Morgan fingerprint density at radius 2 is 1.60 bits per heavy atom. The van der Waals surface area contributed by atoms with Crippen LogP contribution in [0.1, 0.15) is 19.4 Å². The number of rotatable bonds is 5. The Morgan fingerprint density at radius 1 is 1.00 bits per heavy atom. The maximum atomic E-state index is 12.1. The molecule has 0 aromatic heterocycles. The molecule has 0 saturated carbocycles. The lowest BCUT2D eigenvalue weighted by atomic mass is 10.2. The summed E-state index contributed by atoms with van der Waals surface area (Å²) in [6.45, 7) is 6.82. The van der Waals surface area contributed by atoms with Gasteiger partial charge >= 0.3 is 6.03 Å². The van der Waals surface area contributed by atoms with Gasteiger partial charge in [-0.15, -0.1) is 0 Å². The van der Waals surface area contributed by atoms with Crippen LogP contribution >= 0.6 is 0 Å². The highest BCUT2D eigenvalue weighted by atomic mass is 16.2. The minimum atomic E-state index is -0.303. The molecule has 0 aliphatic rings. The highest BCUT2D eigenvalue weighted by Crippen LogP contribution is 2.16. The minimum Gasteiger partial charge on any atom is -0.370 e. The van der Waals surface area contributed by atoms with Gasteiger partial charge in [0.1, 0.15) is 0 Å². The molecule has 0 saturated heterocycles. The number of benzene rings is 2. The van der Waals surface area contributed by atoms with E-state index in [0.29, 0.717) is 24.1 Å². The molecular weight excluding hydrogens is 314 g/mol. The fourth-order valence-electron chi connectivity index (χ4n) is 2.07. The predicted molar refractivity (Wildman–Crippen MR) is 105 cm³/mol. The van der Waals surface area contributed by atoms with Crippen molar-refractivity contribution >= 4 is 29.1 Å². The van der Waals surface area contributed by atoms with E-state index in [4.69, 9.17) is 5.73 Å². The Morgan fingerprint density at radius 3 is 2.24 bits per heavy atom. The topological polar surface area (TPSA) is 91.5 Å². The molecule has 6 heteroatoms. The number of carbonyl (C=O) groups excluding carboxylic acids is 1. The van der Waals surface area contributed by atoms with Crippen LogP contribution in [0.4, 0.5) is 21.9 Å². The summed E-state index contributed by atoms with van der Waals surface area (Å²) in [4.78, 5) is 16.3. The number of amides is 2. The van der Waals surface area contributed by atoms with Gasteiger partial charge in [-0.2, -0.15) is 0 Å². The van der Waals surface area contributed by atoms with Crippen molar-refractivity contribution in [1.29, 1.82) is 0 Å². The molecule has 132 valence electrons. The zero-order valence-corrected chi connectivity index (χ0v) is 14.8. The van der Waals surface area contributed by atoms with Crippen molar-refractivity contribution in [3.63, 3.8) is 0 Å². The average molecular weight is 339 g/mol. The summed E-state index contributed by atoms with van der Waals surface area (Å²) in [6, 6.07) is 14.6. The van der Waals surface area contributed by atoms with Crippen LogP contribution in [0.5, 0.6) is 0 Å². The number of anilines is 3. The fraction of sp³-hybridized carbons (Fsp3) is 0.263. The lowest BCUT2D eigenvalue weighted by Gasteiger charge is -2.10. The van der Waals surface area contributed by atoms with Crippen LogP contribution in [-0.4, -0.2) is 18.5 Å². The van der Waals surface area contributed by atoms with E-state index in [0.717, 1.165) is 16.9 Å². The molecule has 0 fully saturated rings. The smallest absolute Gasteiger partial charge is 0.323 e. The lowest BCUT2D eigenvalue weighted by molar-refractivity contribution is 0.262. The summed E-state index contributed by atoms with van der Waals surface area (Å²) in [7, 11) is 0. The van der Waals surface area contributed by atoms with Gasteiger partial charge in [0.05, 0.1) is 0 Å². The number of aliphatic imine (C=N–C) groups is 1. The highest BCUT2D eigenvalue weighted by molar-refractivity contribution is 6.00. The summed E-state index contributed by atoms with van der Waals surface area (Å²) >= 11 is 0. The Bertz CT molecular complexity index is 738. The standard InChI is InChI=1S/C19H25N5O/c1-13(2)12-21-18(20)22-16-5-4-6-17(11-16)24-19(25)23-15-9-7-14(3)8-10-15/h4-11,13H,12H2,1-3H3,(H3,20,21,22)(H2,23,24,25). The Hall–Kier alpha value is -3.02. The van der Waals surface area contributed by atoms with Crippen LogP contribution in [0.25, 0.3) is 0 Å². The number of nitrogens with one attached hydrogen (secondary N) is 3. The molecule has 0 heterocycles. The molecule has 0 bridgehead atoms. The van der Waals surface area contributed by atoms with Gasteiger partial charge in [0.15, 0.2) is 5.96 Å². The Kier molecular flexibility index (Phi) is 6.39. The Balaban J connectivity index is 1.95. The van der Waals surface area contributed by atoms with Gasteiger partial charge in [-0.05, 0) is 43.2 Å². The van der Waals surface area contributed by atoms with Gasteiger partial charge in [0.2, 0.25) is 0 Å². The molecule has 0 aliphatic carbocycles. The molecule has 0 aliphatic heterocycles. The van der Waals surface area contributed by atoms with E-state index in [-0.39, 0.29) is 6.03 Å². The summed E-state index contributed by atoms with van der Waals surface area (Å²) in [5.41, 5.74) is 9.16. The first-order valence-electron chi connectivity index (χ1n) is 8.24. The largest absolute Gasteiger partial charge is 0.370 e. The average Bonchev–Trinajstić information content (AvgIpc) is 2.55. The van der Waals surface area contributed by atoms with Crippen molar-refractivity contribution in [3.05, 3.63) is 54.1 Å². The lowest BCUT2D eigenvalue weighted by Crippen LogP contribution is -2.23. The van der Waals surface area contributed by atoms with Crippen LogP contribution in [0.15, 0.2) is 53.5 Å². The van der Waals surface area contributed by atoms with Crippen molar-refractivity contribution in [2.24, 2.45) is 16.6 Å². The number of nitrogens with zero attached hydrogens (tertiary/aromatic N) is 1. The van der Waals surface area contributed by atoms with Crippen LogP contribution < -0.4 is 21.7 Å². The molecule has 0 radical (unpaired) electrons. The van der Waals surface area contributed by atoms with Crippen LogP contribution in [0.3, 0.4) is 0 Å². The maximum absolute atomic E-state index is 12.1. The number of guanidine groups is 1. The van der Waals surface area contributed by atoms with Crippen molar-refractivity contribution < 1.29 is 4.79 Å². The third-order valence-corrected chi connectivity index (χ3v) is 3.33. The van der Waals surface area contributed by atoms with E-state index < -0.39 is 0 Å². The first-order valence-corrected chi connectivity index (χ1v) is 8.24. The van der Waals surface area contributed by atoms with Crippen molar-refractivity contribution in [2.45, 2.75) is 20.8 Å². The normalized spacial score (nSPS) is 11.3. The van der Waals surface area contributed by atoms with E-state index in [1.807, 2.05) is 43.3 Å². The quantitative estimate of drug-likeness (QED) is 0.490. The molecule has 2 aromatic carbocycles. The first kappa shape index (κ1) is 18.3. The fourth-order valence-corrected chi connectivity index (χ4v) is 2.07. The Labute approximate surface area is 148 Å². The highest BCUT2D eigenvalue weighted by Gasteiger charge is 2.04. The molecule has 0 spiro atoms. The monoisotopic (exact) mass is 339 g/mol. The molecule has 0 atom stereocenters. The number of hydrogen-bond acceptors (Lipinski definition) is 2. The minimum absolute atomic E-state index is 0.303. The van der Waals surface area contributed by atoms with Gasteiger partial charge in [-0.1, -0.05) is 37.6 Å². The second-order valence-corrected chi connectivity index (χ2v) is 6.27. The van der Waals surface area contributed by atoms with E-state index in [2.05, 4.69) is 34.8 Å². The van der Waals surface area contributed by atoms with Crippen LogP contribution in [0.2, 0.25) is 0 Å². The van der Waals surface area contributed by atoms with Crippen molar-refractivity contribution in [2.75, 3.05) is 22.5 Å². The predicted octanol–water partition coefficient (Wildman–Crippen LogP) is 4.02. The molecule has 2 amide bonds. The molecule has 25 heavy (non-hydrogen) atoms. The summed E-state index contributed by atoms with van der Waals surface area (Å²) in [6.07, 6.45) is 0. The van der Waals surface area contributed by atoms with E-state index >= 15 is 0 Å². The number of aryl methyl sites for hydroxylation is 1. The van der Waals surface area contributed by atoms with Crippen LogP contribution in [0, 0.1) is 12.8 Å². The summed E-state index contributed by atoms with van der Waals surface area (Å²) in [5, 5.41) is 8.61. The van der Waals surface area contributed by atoms with Crippen molar-refractivity contribution in [3.8, 4) is 0 Å². The zero-order chi connectivity index (χ0) is 18.2. The number of hydrogen-bond donors (Lipinski definition) is 4. The van der Waals surface area contributed by atoms with Gasteiger partial charge in [-0.25, -0.2) is 4.79 Å². The third-order valence-electron chi connectivity index (χ3n) is 3.33. The second-order valence-electron chi connectivity index (χ2n) is 6.27. The molecule has 2 rings (SSSR count). The van der Waals surface area contributed by atoms with Crippen molar-refractivity contribution in [1.82, 2.24) is 0 Å². The van der Waals surface area contributed by atoms with E-state index in [1.54, 1.807) is 12.1 Å².